The Kier molecular flexibility index (Phi) is 5.17. The first-order valence-corrected chi connectivity index (χ1v) is 7.64. The van der Waals surface area contributed by atoms with E-state index in [4.69, 9.17) is 15.6 Å². The second-order valence-corrected chi connectivity index (χ2v) is 6.18. The van der Waals surface area contributed by atoms with Crippen molar-refractivity contribution >= 4 is 11.3 Å². The van der Waals surface area contributed by atoms with Gasteiger partial charge < -0.3 is 15.6 Å². The molecule has 0 bridgehead atoms. The van der Waals surface area contributed by atoms with Crippen LogP contribution < -0.4 is 10.5 Å². The maximum atomic E-state index is 9.06. The highest BCUT2D eigenvalue weighted by Crippen LogP contribution is 2.30. The minimum absolute atomic E-state index is 0.0365. The van der Waals surface area contributed by atoms with E-state index in [1.54, 1.807) is 11.3 Å². The number of hydrogen-bond acceptors (Lipinski definition) is 4. The summed E-state index contributed by atoms with van der Waals surface area (Å²) in [6.07, 6.45) is 0.731. The van der Waals surface area contributed by atoms with E-state index in [1.807, 2.05) is 24.3 Å². The van der Waals surface area contributed by atoms with Crippen molar-refractivity contribution in [3.8, 4) is 5.75 Å². The highest BCUT2D eigenvalue weighted by Gasteiger charge is 2.22. The van der Waals surface area contributed by atoms with E-state index in [1.165, 1.54) is 4.88 Å². The molecule has 0 aliphatic rings. The second-order valence-electron chi connectivity index (χ2n) is 4.86. The summed E-state index contributed by atoms with van der Waals surface area (Å²) < 4.78 is 6.07. The van der Waals surface area contributed by atoms with E-state index >= 15 is 0 Å². The summed E-state index contributed by atoms with van der Waals surface area (Å²) >= 11 is 1.72. The number of hydrogen-bond donors (Lipinski definition) is 2. The average Bonchev–Trinajstić information content (AvgIpc) is 2.91. The van der Waals surface area contributed by atoms with Crippen molar-refractivity contribution in [1.29, 1.82) is 0 Å². The lowest BCUT2D eigenvalue weighted by molar-refractivity contribution is 0.174. The topological polar surface area (TPSA) is 55.5 Å². The minimum Gasteiger partial charge on any atom is -0.483 e. The number of ether oxygens (including phenoxy) is 1. The number of aliphatic hydroxyl groups is 1. The lowest BCUT2D eigenvalue weighted by Crippen LogP contribution is -2.30. The predicted octanol–water partition coefficient (Wildman–Crippen LogP) is 3.41. The molecule has 2 rings (SSSR count). The molecule has 1 aromatic heterocycles. The molecule has 0 amide bonds. The SMILES string of the molecule is CCC(N)C(Oc1ccc(CO)cc1)c1ccc(C)s1. The van der Waals surface area contributed by atoms with Gasteiger partial charge in [0.2, 0.25) is 0 Å². The number of benzene rings is 1. The Hall–Kier alpha value is -1.36. The Bertz CT molecular complexity index is 536. The van der Waals surface area contributed by atoms with E-state index in [0.29, 0.717) is 0 Å². The van der Waals surface area contributed by atoms with Crippen LogP contribution in [-0.2, 0) is 6.61 Å². The van der Waals surface area contributed by atoms with E-state index in [0.717, 1.165) is 22.6 Å². The second kappa shape index (κ2) is 6.88. The van der Waals surface area contributed by atoms with Crippen LogP contribution in [0.1, 0.15) is 34.8 Å². The molecule has 0 radical (unpaired) electrons. The summed E-state index contributed by atoms with van der Waals surface area (Å²) in [5.74, 6) is 0.780. The van der Waals surface area contributed by atoms with Crippen molar-refractivity contribution in [2.75, 3.05) is 0 Å². The smallest absolute Gasteiger partial charge is 0.148 e. The van der Waals surface area contributed by atoms with Crippen LogP contribution in [0.25, 0.3) is 0 Å². The molecular formula is C16H21NO2S. The molecule has 108 valence electrons. The van der Waals surface area contributed by atoms with Crippen molar-refractivity contribution in [3.05, 3.63) is 51.7 Å². The fourth-order valence-corrected chi connectivity index (χ4v) is 2.98. The minimum atomic E-state index is -0.126. The molecule has 1 aromatic carbocycles. The maximum Gasteiger partial charge on any atom is 0.148 e. The maximum absolute atomic E-state index is 9.06. The first-order valence-electron chi connectivity index (χ1n) is 6.82. The Morgan fingerprint density at radius 2 is 1.90 bits per heavy atom. The highest BCUT2D eigenvalue weighted by molar-refractivity contribution is 7.12. The zero-order valence-electron chi connectivity index (χ0n) is 11.9. The van der Waals surface area contributed by atoms with Gasteiger partial charge in [-0.15, -0.1) is 11.3 Å². The monoisotopic (exact) mass is 291 g/mol. The van der Waals surface area contributed by atoms with Gasteiger partial charge in [-0.25, -0.2) is 0 Å². The third kappa shape index (κ3) is 3.60. The number of thiophene rings is 1. The molecule has 0 aliphatic carbocycles. The van der Waals surface area contributed by atoms with Crippen LogP contribution in [0, 0.1) is 6.92 Å². The molecule has 0 aliphatic heterocycles. The Morgan fingerprint density at radius 3 is 2.40 bits per heavy atom. The van der Waals surface area contributed by atoms with Crippen molar-refractivity contribution < 1.29 is 9.84 Å². The van der Waals surface area contributed by atoms with E-state index in [-0.39, 0.29) is 18.8 Å². The Balaban J connectivity index is 2.18. The number of aryl methyl sites for hydroxylation is 1. The van der Waals surface area contributed by atoms with Crippen LogP contribution in [0.15, 0.2) is 36.4 Å². The summed E-state index contributed by atoms with van der Waals surface area (Å²) in [6.45, 7) is 4.19. The predicted molar refractivity (Wildman–Crippen MR) is 83.1 cm³/mol. The fraction of sp³-hybridized carbons (Fsp3) is 0.375. The number of aliphatic hydroxyl groups excluding tert-OH is 1. The van der Waals surface area contributed by atoms with Gasteiger partial charge in [0.25, 0.3) is 0 Å². The number of rotatable bonds is 6. The molecule has 20 heavy (non-hydrogen) atoms. The van der Waals surface area contributed by atoms with Crippen LogP contribution in [-0.4, -0.2) is 11.1 Å². The highest BCUT2D eigenvalue weighted by atomic mass is 32.1. The lowest BCUT2D eigenvalue weighted by atomic mass is 10.1. The largest absolute Gasteiger partial charge is 0.483 e. The van der Waals surface area contributed by atoms with Crippen molar-refractivity contribution in [2.45, 2.75) is 39.0 Å². The number of nitrogens with two attached hydrogens (primary N) is 1. The van der Waals surface area contributed by atoms with Gasteiger partial charge in [-0.2, -0.15) is 0 Å². The van der Waals surface area contributed by atoms with Crippen LogP contribution >= 0.6 is 11.3 Å². The van der Waals surface area contributed by atoms with Gasteiger partial charge >= 0.3 is 0 Å². The van der Waals surface area contributed by atoms with Crippen molar-refractivity contribution in [3.63, 3.8) is 0 Å². The van der Waals surface area contributed by atoms with E-state index < -0.39 is 0 Å². The van der Waals surface area contributed by atoms with E-state index in [2.05, 4.69) is 26.0 Å². The van der Waals surface area contributed by atoms with Gasteiger partial charge in [0.05, 0.1) is 6.61 Å². The molecule has 0 spiro atoms. The van der Waals surface area contributed by atoms with Crippen molar-refractivity contribution in [2.24, 2.45) is 5.73 Å². The van der Waals surface area contributed by atoms with Crippen LogP contribution in [0.3, 0.4) is 0 Å². The summed E-state index contributed by atoms with van der Waals surface area (Å²) in [5.41, 5.74) is 7.08. The zero-order chi connectivity index (χ0) is 14.5. The summed E-state index contributed by atoms with van der Waals surface area (Å²) in [5, 5.41) is 9.06. The van der Waals surface area contributed by atoms with Gasteiger partial charge in [0, 0.05) is 15.8 Å². The van der Waals surface area contributed by atoms with Gasteiger partial charge in [-0.05, 0) is 43.2 Å². The van der Waals surface area contributed by atoms with Gasteiger partial charge in [-0.3, -0.25) is 0 Å². The standard InChI is InChI=1S/C16H21NO2S/c1-3-14(17)16(15-9-4-11(2)20-15)19-13-7-5-12(10-18)6-8-13/h4-9,14,16,18H,3,10,17H2,1-2H3. The molecule has 2 aromatic rings. The molecule has 0 saturated heterocycles. The Labute approximate surface area is 124 Å². The molecular weight excluding hydrogens is 270 g/mol. The molecule has 2 unspecified atom stereocenters. The quantitative estimate of drug-likeness (QED) is 0.857. The van der Waals surface area contributed by atoms with Gasteiger partial charge in [0.1, 0.15) is 11.9 Å². The Morgan fingerprint density at radius 1 is 1.20 bits per heavy atom. The lowest BCUT2D eigenvalue weighted by Gasteiger charge is -2.23. The van der Waals surface area contributed by atoms with Crippen LogP contribution in [0.2, 0.25) is 0 Å². The van der Waals surface area contributed by atoms with Gasteiger partial charge in [0.15, 0.2) is 0 Å². The molecule has 0 saturated carbocycles. The summed E-state index contributed by atoms with van der Waals surface area (Å²) in [4.78, 5) is 2.41. The molecule has 3 N–H and O–H groups in total. The molecule has 0 fully saturated rings. The van der Waals surface area contributed by atoms with Crippen LogP contribution in [0.4, 0.5) is 0 Å². The fourth-order valence-electron chi connectivity index (χ4n) is 2.00. The summed E-state index contributed by atoms with van der Waals surface area (Å²) in [6, 6.07) is 11.6. The molecule has 1 heterocycles. The molecule has 2 atom stereocenters. The molecule has 4 heteroatoms. The summed E-state index contributed by atoms with van der Waals surface area (Å²) in [7, 11) is 0. The van der Waals surface area contributed by atoms with E-state index in [9.17, 15) is 0 Å². The first-order chi connectivity index (χ1) is 9.63. The first kappa shape index (κ1) is 15.0. The molecule has 3 nitrogen and oxygen atoms in total. The normalized spacial score (nSPS) is 14.0. The third-order valence-corrected chi connectivity index (χ3v) is 4.33. The average molecular weight is 291 g/mol. The van der Waals surface area contributed by atoms with Crippen LogP contribution in [0.5, 0.6) is 5.75 Å². The van der Waals surface area contributed by atoms with Gasteiger partial charge in [-0.1, -0.05) is 19.1 Å². The van der Waals surface area contributed by atoms with Crippen molar-refractivity contribution in [1.82, 2.24) is 0 Å². The zero-order valence-corrected chi connectivity index (χ0v) is 12.7. The third-order valence-electron chi connectivity index (χ3n) is 3.27.